The summed E-state index contributed by atoms with van der Waals surface area (Å²) in [7, 11) is 0. The van der Waals surface area contributed by atoms with Crippen LogP contribution in [0.3, 0.4) is 0 Å². The summed E-state index contributed by atoms with van der Waals surface area (Å²) in [5.74, 6) is -0.516. The third-order valence-corrected chi connectivity index (χ3v) is 2.38. The Morgan fingerprint density at radius 1 is 1.19 bits per heavy atom. The van der Waals surface area contributed by atoms with E-state index in [1.165, 1.54) is 12.4 Å². The Bertz CT molecular complexity index is 542. The van der Waals surface area contributed by atoms with Gasteiger partial charge in [0.15, 0.2) is 5.15 Å². The van der Waals surface area contributed by atoms with Crippen LogP contribution in [0.15, 0.2) is 36.7 Å². The topological polar surface area (TPSA) is 68.9 Å². The summed E-state index contributed by atoms with van der Waals surface area (Å²) in [6.45, 7) is 0. The van der Waals surface area contributed by atoms with E-state index >= 15 is 0 Å². The first-order valence-corrected chi connectivity index (χ1v) is 4.93. The van der Waals surface area contributed by atoms with Crippen LogP contribution in [0.5, 0.6) is 0 Å². The standard InChI is InChI=1S/C11H8ClN3O/c12-10-9(14-5-6-15-10)7-3-1-2-4-8(7)11(13)16/h1-6H,(H2,13,16). The third-order valence-electron chi connectivity index (χ3n) is 2.10. The van der Waals surface area contributed by atoms with Gasteiger partial charge in [0.05, 0.1) is 0 Å². The van der Waals surface area contributed by atoms with Crippen LogP contribution in [0.2, 0.25) is 5.15 Å². The predicted molar refractivity (Wildman–Crippen MR) is 61.0 cm³/mol. The van der Waals surface area contributed by atoms with Crippen LogP contribution in [0.1, 0.15) is 10.4 Å². The van der Waals surface area contributed by atoms with E-state index in [0.29, 0.717) is 16.8 Å². The molecule has 0 unspecified atom stereocenters. The molecule has 1 amide bonds. The van der Waals surface area contributed by atoms with Crippen molar-refractivity contribution in [1.29, 1.82) is 0 Å². The van der Waals surface area contributed by atoms with Crippen LogP contribution < -0.4 is 5.73 Å². The molecule has 0 fully saturated rings. The number of benzene rings is 1. The Hall–Kier alpha value is -1.94. The molecule has 5 heteroatoms. The zero-order chi connectivity index (χ0) is 11.5. The number of halogens is 1. The number of rotatable bonds is 2. The molecule has 0 aliphatic carbocycles. The summed E-state index contributed by atoms with van der Waals surface area (Å²) in [6, 6.07) is 6.87. The maximum atomic E-state index is 11.2. The average Bonchev–Trinajstić information content (AvgIpc) is 2.29. The van der Waals surface area contributed by atoms with Gasteiger partial charge in [-0.25, -0.2) is 4.98 Å². The van der Waals surface area contributed by atoms with Gasteiger partial charge in [-0.05, 0) is 6.07 Å². The Balaban J connectivity index is 2.65. The van der Waals surface area contributed by atoms with E-state index in [4.69, 9.17) is 17.3 Å². The number of carbonyl (C=O) groups excluding carboxylic acids is 1. The molecule has 2 N–H and O–H groups in total. The molecular formula is C11H8ClN3O. The van der Waals surface area contributed by atoms with Gasteiger partial charge in [-0.3, -0.25) is 9.78 Å². The van der Waals surface area contributed by atoms with Crippen molar-refractivity contribution in [2.45, 2.75) is 0 Å². The van der Waals surface area contributed by atoms with Crippen molar-refractivity contribution in [3.8, 4) is 11.3 Å². The van der Waals surface area contributed by atoms with Crippen molar-refractivity contribution in [2.24, 2.45) is 5.73 Å². The van der Waals surface area contributed by atoms with Crippen molar-refractivity contribution in [3.05, 3.63) is 47.4 Å². The number of amides is 1. The Kier molecular flexibility index (Phi) is 2.83. The number of hydrogen-bond acceptors (Lipinski definition) is 3. The van der Waals surface area contributed by atoms with E-state index in [2.05, 4.69) is 9.97 Å². The number of aromatic nitrogens is 2. The summed E-state index contributed by atoms with van der Waals surface area (Å²) >= 11 is 5.91. The molecule has 0 aliphatic rings. The lowest BCUT2D eigenvalue weighted by Gasteiger charge is -2.06. The van der Waals surface area contributed by atoms with Gasteiger partial charge in [-0.1, -0.05) is 29.8 Å². The fourth-order valence-electron chi connectivity index (χ4n) is 1.41. The minimum Gasteiger partial charge on any atom is -0.366 e. The molecule has 0 aliphatic heterocycles. The highest BCUT2D eigenvalue weighted by atomic mass is 35.5. The lowest BCUT2D eigenvalue weighted by atomic mass is 10.0. The molecule has 0 saturated heterocycles. The van der Waals surface area contributed by atoms with Gasteiger partial charge in [-0.15, -0.1) is 0 Å². The van der Waals surface area contributed by atoms with Crippen LogP contribution in [0, 0.1) is 0 Å². The highest BCUT2D eigenvalue weighted by Gasteiger charge is 2.13. The Morgan fingerprint density at radius 3 is 2.56 bits per heavy atom. The van der Waals surface area contributed by atoms with Crippen molar-refractivity contribution < 1.29 is 4.79 Å². The maximum Gasteiger partial charge on any atom is 0.249 e. The summed E-state index contributed by atoms with van der Waals surface area (Å²) < 4.78 is 0. The van der Waals surface area contributed by atoms with E-state index in [-0.39, 0.29) is 5.15 Å². The zero-order valence-electron chi connectivity index (χ0n) is 8.22. The first kappa shape index (κ1) is 10.6. The van der Waals surface area contributed by atoms with Gasteiger partial charge in [0.1, 0.15) is 5.69 Å². The lowest BCUT2D eigenvalue weighted by Crippen LogP contribution is -2.12. The molecule has 0 radical (unpaired) electrons. The highest BCUT2D eigenvalue weighted by Crippen LogP contribution is 2.26. The van der Waals surface area contributed by atoms with Gasteiger partial charge in [-0.2, -0.15) is 0 Å². The van der Waals surface area contributed by atoms with E-state index in [1.807, 2.05) is 0 Å². The smallest absolute Gasteiger partial charge is 0.249 e. The lowest BCUT2D eigenvalue weighted by molar-refractivity contribution is 0.100. The minimum absolute atomic E-state index is 0.246. The van der Waals surface area contributed by atoms with Gasteiger partial charge in [0.25, 0.3) is 0 Å². The Morgan fingerprint density at radius 2 is 1.88 bits per heavy atom. The molecule has 0 spiro atoms. The van der Waals surface area contributed by atoms with Crippen molar-refractivity contribution >= 4 is 17.5 Å². The third kappa shape index (κ3) is 1.87. The second-order valence-electron chi connectivity index (χ2n) is 3.11. The molecule has 2 aromatic rings. The molecule has 4 nitrogen and oxygen atoms in total. The predicted octanol–water partition coefficient (Wildman–Crippen LogP) is 1.90. The summed E-state index contributed by atoms with van der Waals surface area (Å²) in [4.78, 5) is 19.2. The van der Waals surface area contributed by atoms with E-state index in [9.17, 15) is 4.79 Å². The van der Waals surface area contributed by atoms with Gasteiger partial charge < -0.3 is 5.73 Å². The molecule has 0 bridgehead atoms. The van der Waals surface area contributed by atoms with Crippen LogP contribution in [0.25, 0.3) is 11.3 Å². The van der Waals surface area contributed by atoms with Gasteiger partial charge in [0, 0.05) is 23.5 Å². The first-order valence-electron chi connectivity index (χ1n) is 4.56. The number of primary amides is 1. The number of hydrogen-bond donors (Lipinski definition) is 1. The highest BCUT2D eigenvalue weighted by molar-refractivity contribution is 6.32. The van der Waals surface area contributed by atoms with Gasteiger partial charge >= 0.3 is 0 Å². The molecule has 1 heterocycles. The molecule has 0 saturated carbocycles. The van der Waals surface area contributed by atoms with Crippen molar-refractivity contribution in [1.82, 2.24) is 9.97 Å². The summed E-state index contributed by atoms with van der Waals surface area (Å²) in [5, 5.41) is 0.246. The fraction of sp³-hybridized carbons (Fsp3) is 0. The summed E-state index contributed by atoms with van der Waals surface area (Å²) in [6.07, 6.45) is 3.00. The quantitative estimate of drug-likeness (QED) is 0.861. The SMILES string of the molecule is NC(=O)c1ccccc1-c1nccnc1Cl. The van der Waals surface area contributed by atoms with E-state index in [0.717, 1.165) is 0 Å². The zero-order valence-corrected chi connectivity index (χ0v) is 8.98. The van der Waals surface area contributed by atoms with Crippen molar-refractivity contribution in [2.75, 3.05) is 0 Å². The molecule has 0 atom stereocenters. The normalized spacial score (nSPS) is 10.1. The monoisotopic (exact) mass is 233 g/mol. The van der Waals surface area contributed by atoms with E-state index < -0.39 is 5.91 Å². The molecular weight excluding hydrogens is 226 g/mol. The first-order chi connectivity index (χ1) is 7.70. The largest absolute Gasteiger partial charge is 0.366 e. The van der Waals surface area contributed by atoms with Crippen LogP contribution in [0.4, 0.5) is 0 Å². The molecule has 1 aromatic carbocycles. The van der Waals surface area contributed by atoms with E-state index in [1.54, 1.807) is 24.3 Å². The van der Waals surface area contributed by atoms with Crippen LogP contribution in [-0.2, 0) is 0 Å². The second kappa shape index (κ2) is 4.28. The number of carbonyl (C=O) groups is 1. The molecule has 2 rings (SSSR count). The number of nitrogens with zero attached hydrogens (tertiary/aromatic N) is 2. The maximum absolute atomic E-state index is 11.2. The second-order valence-corrected chi connectivity index (χ2v) is 3.46. The minimum atomic E-state index is -0.516. The molecule has 80 valence electrons. The summed E-state index contributed by atoms with van der Waals surface area (Å²) in [5.41, 5.74) is 6.70. The fourth-order valence-corrected chi connectivity index (χ4v) is 1.61. The Labute approximate surface area is 97.1 Å². The molecule has 16 heavy (non-hydrogen) atoms. The van der Waals surface area contributed by atoms with Crippen LogP contribution >= 0.6 is 11.6 Å². The molecule has 1 aromatic heterocycles. The van der Waals surface area contributed by atoms with Crippen molar-refractivity contribution in [3.63, 3.8) is 0 Å². The van der Waals surface area contributed by atoms with Gasteiger partial charge in [0.2, 0.25) is 5.91 Å². The van der Waals surface area contributed by atoms with Crippen LogP contribution in [-0.4, -0.2) is 15.9 Å². The average molecular weight is 234 g/mol. The number of nitrogens with two attached hydrogens (primary N) is 1.